The first-order chi connectivity index (χ1) is 10.8. The van der Waals surface area contributed by atoms with Gasteiger partial charge in [-0.3, -0.25) is 9.59 Å². The summed E-state index contributed by atoms with van der Waals surface area (Å²) in [6.07, 6.45) is -0.0430. The van der Waals surface area contributed by atoms with Gasteiger partial charge in [0.15, 0.2) is 17.5 Å². The van der Waals surface area contributed by atoms with E-state index in [9.17, 15) is 22.8 Å². The van der Waals surface area contributed by atoms with Gasteiger partial charge in [-0.25, -0.2) is 18.2 Å². The number of aryl methyl sites for hydroxylation is 2. The molecule has 0 saturated heterocycles. The standard InChI is InChI=1S/C15H14F3N3O2/c1-7-9(15(23)20-8(2)19-7)3-6-12(22)21-11-5-4-10(16)13(17)14(11)18/h4-5H,3,6H2,1-2H3,(H,21,22)(H,19,20,23). The molecule has 0 aliphatic rings. The number of hydrogen-bond donors (Lipinski definition) is 2. The zero-order chi connectivity index (χ0) is 17.1. The number of nitrogens with zero attached hydrogens (tertiary/aromatic N) is 1. The molecule has 1 aromatic heterocycles. The SMILES string of the molecule is Cc1nc(C)c(CCC(=O)Nc2ccc(F)c(F)c2F)c(=O)[nH]1. The maximum Gasteiger partial charge on any atom is 0.254 e. The Morgan fingerprint density at radius 1 is 1.22 bits per heavy atom. The molecule has 8 heteroatoms. The van der Waals surface area contributed by atoms with E-state index in [1.165, 1.54) is 0 Å². The number of benzene rings is 1. The fourth-order valence-corrected chi connectivity index (χ4v) is 2.12. The average molecular weight is 325 g/mol. The van der Waals surface area contributed by atoms with Gasteiger partial charge in [-0.1, -0.05) is 0 Å². The number of anilines is 1. The van der Waals surface area contributed by atoms with E-state index in [0.29, 0.717) is 23.1 Å². The van der Waals surface area contributed by atoms with Crippen molar-refractivity contribution in [3.63, 3.8) is 0 Å². The highest BCUT2D eigenvalue weighted by molar-refractivity contribution is 5.90. The highest BCUT2D eigenvalue weighted by Gasteiger charge is 2.16. The van der Waals surface area contributed by atoms with Crippen LogP contribution >= 0.6 is 0 Å². The lowest BCUT2D eigenvalue weighted by atomic mass is 10.1. The summed E-state index contributed by atoms with van der Waals surface area (Å²) >= 11 is 0. The van der Waals surface area contributed by atoms with E-state index in [-0.39, 0.29) is 18.4 Å². The van der Waals surface area contributed by atoms with E-state index >= 15 is 0 Å². The van der Waals surface area contributed by atoms with E-state index < -0.39 is 29.0 Å². The Kier molecular flexibility index (Phi) is 4.83. The van der Waals surface area contributed by atoms with Crippen LogP contribution in [-0.4, -0.2) is 15.9 Å². The highest BCUT2D eigenvalue weighted by atomic mass is 19.2. The molecule has 0 radical (unpaired) electrons. The molecule has 0 aliphatic heterocycles. The zero-order valence-electron chi connectivity index (χ0n) is 12.5. The second-order valence-corrected chi connectivity index (χ2v) is 4.99. The normalized spacial score (nSPS) is 10.7. The first-order valence-electron chi connectivity index (χ1n) is 6.79. The summed E-state index contributed by atoms with van der Waals surface area (Å²) in [6, 6.07) is 1.64. The summed E-state index contributed by atoms with van der Waals surface area (Å²) in [7, 11) is 0. The second-order valence-electron chi connectivity index (χ2n) is 4.99. The number of halogens is 3. The zero-order valence-corrected chi connectivity index (χ0v) is 12.5. The van der Waals surface area contributed by atoms with E-state index in [1.807, 2.05) is 0 Å². The number of amides is 1. The van der Waals surface area contributed by atoms with Crippen molar-refractivity contribution >= 4 is 11.6 Å². The van der Waals surface area contributed by atoms with Crippen molar-refractivity contribution in [2.45, 2.75) is 26.7 Å². The fourth-order valence-electron chi connectivity index (χ4n) is 2.12. The maximum absolute atomic E-state index is 13.5. The number of aromatic amines is 1. The molecule has 2 aromatic rings. The minimum Gasteiger partial charge on any atom is -0.323 e. The Morgan fingerprint density at radius 3 is 2.57 bits per heavy atom. The van der Waals surface area contributed by atoms with E-state index in [4.69, 9.17) is 0 Å². The van der Waals surface area contributed by atoms with Crippen LogP contribution in [0.2, 0.25) is 0 Å². The number of H-pyrrole nitrogens is 1. The van der Waals surface area contributed by atoms with Gasteiger partial charge in [0.05, 0.1) is 5.69 Å². The Labute approximate surface area is 129 Å². The minimum absolute atomic E-state index is 0.0889. The predicted octanol–water partition coefficient (Wildman–Crippen LogP) is 2.38. The van der Waals surface area contributed by atoms with Crippen molar-refractivity contribution in [3.8, 4) is 0 Å². The quantitative estimate of drug-likeness (QED) is 0.848. The summed E-state index contributed by atoms with van der Waals surface area (Å²) in [4.78, 5) is 30.2. The lowest BCUT2D eigenvalue weighted by Crippen LogP contribution is -2.20. The van der Waals surface area contributed by atoms with Crippen LogP contribution in [0.5, 0.6) is 0 Å². The van der Waals surface area contributed by atoms with Crippen molar-refractivity contribution in [2.75, 3.05) is 5.32 Å². The van der Waals surface area contributed by atoms with Crippen LogP contribution in [-0.2, 0) is 11.2 Å². The summed E-state index contributed by atoms with van der Waals surface area (Å²) in [5, 5.41) is 2.15. The molecule has 23 heavy (non-hydrogen) atoms. The lowest BCUT2D eigenvalue weighted by molar-refractivity contribution is -0.116. The third-order valence-electron chi connectivity index (χ3n) is 3.25. The van der Waals surface area contributed by atoms with Crippen LogP contribution in [0.4, 0.5) is 18.9 Å². The Morgan fingerprint density at radius 2 is 1.91 bits per heavy atom. The fraction of sp³-hybridized carbons (Fsp3) is 0.267. The van der Waals surface area contributed by atoms with Gasteiger partial charge in [0.2, 0.25) is 5.91 Å². The monoisotopic (exact) mass is 325 g/mol. The topological polar surface area (TPSA) is 74.8 Å². The van der Waals surface area contributed by atoms with Crippen molar-refractivity contribution in [3.05, 3.63) is 57.0 Å². The molecule has 2 N–H and O–H groups in total. The number of nitrogens with one attached hydrogen (secondary N) is 2. The van der Waals surface area contributed by atoms with Gasteiger partial charge in [0, 0.05) is 17.7 Å². The number of hydrogen-bond acceptors (Lipinski definition) is 3. The van der Waals surface area contributed by atoms with Crippen LogP contribution < -0.4 is 10.9 Å². The minimum atomic E-state index is -1.65. The van der Waals surface area contributed by atoms with E-state index in [1.54, 1.807) is 13.8 Å². The number of rotatable bonds is 4. The number of carbonyl (C=O) groups is 1. The molecular weight excluding hydrogens is 311 g/mol. The first-order valence-corrected chi connectivity index (χ1v) is 6.79. The lowest BCUT2D eigenvalue weighted by Gasteiger charge is -2.08. The molecule has 0 spiro atoms. The maximum atomic E-state index is 13.5. The summed E-state index contributed by atoms with van der Waals surface area (Å²) in [5.41, 5.74) is 0.0398. The summed E-state index contributed by atoms with van der Waals surface area (Å²) in [5.74, 6) is -4.63. The van der Waals surface area contributed by atoms with Crippen molar-refractivity contribution in [2.24, 2.45) is 0 Å². The third-order valence-corrected chi connectivity index (χ3v) is 3.25. The van der Waals surface area contributed by atoms with Gasteiger partial charge in [0.1, 0.15) is 5.82 Å². The van der Waals surface area contributed by atoms with Crippen LogP contribution in [0, 0.1) is 31.3 Å². The molecule has 1 heterocycles. The molecule has 0 bridgehead atoms. The first kappa shape index (κ1) is 16.7. The van der Waals surface area contributed by atoms with Crippen LogP contribution in [0.15, 0.2) is 16.9 Å². The van der Waals surface area contributed by atoms with Gasteiger partial charge >= 0.3 is 0 Å². The van der Waals surface area contributed by atoms with Crippen LogP contribution in [0.3, 0.4) is 0 Å². The van der Waals surface area contributed by atoms with Crippen LogP contribution in [0.25, 0.3) is 0 Å². The van der Waals surface area contributed by atoms with Crippen molar-refractivity contribution in [1.29, 1.82) is 0 Å². The van der Waals surface area contributed by atoms with Gasteiger partial charge in [-0.05, 0) is 32.4 Å². The summed E-state index contributed by atoms with van der Waals surface area (Å²) < 4.78 is 39.4. The predicted molar refractivity (Wildman–Crippen MR) is 77.6 cm³/mol. The molecular formula is C15H14F3N3O2. The largest absolute Gasteiger partial charge is 0.323 e. The van der Waals surface area contributed by atoms with Crippen LogP contribution in [0.1, 0.15) is 23.5 Å². The van der Waals surface area contributed by atoms with E-state index in [2.05, 4.69) is 15.3 Å². The molecule has 0 atom stereocenters. The van der Waals surface area contributed by atoms with Gasteiger partial charge in [0.25, 0.3) is 5.56 Å². The Bertz CT molecular complexity index is 818. The van der Waals surface area contributed by atoms with Gasteiger partial charge in [-0.2, -0.15) is 0 Å². The molecule has 2 rings (SSSR count). The van der Waals surface area contributed by atoms with Crippen molar-refractivity contribution in [1.82, 2.24) is 9.97 Å². The molecule has 122 valence electrons. The number of aromatic nitrogens is 2. The molecule has 1 aromatic carbocycles. The molecule has 0 saturated carbocycles. The van der Waals surface area contributed by atoms with E-state index in [0.717, 1.165) is 6.07 Å². The highest BCUT2D eigenvalue weighted by Crippen LogP contribution is 2.19. The van der Waals surface area contributed by atoms with Gasteiger partial charge < -0.3 is 10.3 Å². The average Bonchev–Trinajstić information content (AvgIpc) is 2.47. The Hall–Kier alpha value is -2.64. The van der Waals surface area contributed by atoms with Gasteiger partial charge in [-0.15, -0.1) is 0 Å². The smallest absolute Gasteiger partial charge is 0.254 e. The Balaban J connectivity index is 2.07. The number of carbonyl (C=O) groups excluding carboxylic acids is 1. The molecule has 0 aliphatic carbocycles. The molecule has 1 amide bonds. The molecule has 5 nitrogen and oxygen atoms in total. The third kappa shape index (κ3) is 3.77. The van der Waals surface area contributed by atoms with Crippen molar-refractivity contribution < 1.29 is 18.0 Å². The molecule has 0 fully saturated rings. The molecule has 0 unspecified atom stereocenters. The second kappa shape index (κ2) is 6.64. The summed E-state index contributed by atoms with van der Waals surface area (Å²) in [6.45, 7) is 3.28.